The third-order valence-electron chi connectivity index (χ3n) is 2.15. The van der Waals surface area contributed by atoms with E-state index in [1.54, 1.807) is 0 Å². The van der Waals surface area contributed by atoms with E-state index in [-0.39, 0.29) is 18.5 Å². The predicted octanol–water partition coefficient (Wildman–Crippen LogP) is 1.10. The van der Waals surface area contributed by atoms with Crippen LogP contribution in [0.4, 0.5) is 13.2 Å². The average molecular weight is 204 g/mol. The van der Waals surface area contributed by atoms with Crippen molar-refractivity contribution in [3.05, 3.63) is 0 Å². The molecule has 0 unspecified atom stereocenters. The van der Waals surface area contributed by atoms with Crippen LogP contribution in [0.15, 0.2) is 0 Å². The summed E-state index contributed by atoms with van der Waals surface area (Å²) in [6.45, 7) is 0.567. The molecular formula is C6H9ClF3NO. The molecule has 72 valence electrons. The fourth-order valence-corrected chi connectivity index (χ4v) is 1.67. The Balaban J connectivity index is 0.000000720. The molecule has 2 aliphatic rings. The number of hydrogen-bond acceptors (Lipinski definition) is 2. The van der Waals surface area contributed by atoms with Crippen molar-refractivity contribution in [2.24, 2.45) is 0 Å². The van der Waals surface area contributed by atoms with Crippen molar-refractivity contribution in [1.82, 2.24) is 5.32 Å². The maximum absolute atomic E-state index is 12.1. The van der Waals surface area contributed by atoms with Gasteiger partial charge in [-0.2, -0.15) is 13.2 Å². The number of hydrogen-bond donors (Lipinski definition) is 1. The van der Waals surface area contributed by atoms with Crippen LogP contribution in [-0.4, -0.2) is 31.0 Å². The van der Waals surface area contributed by atoms with Crippen LogP contribution in [0.3, 0.4) is 0 Å². The van der Waals surface area contributed by atoms with Crippen LogP contribution in [0, 0.1) is 0 Å². The van der Waals surface area contributed by atoms with Gasteiger partial charge in [-0.1, -0.05) is 0 Å². The van der Waals surface area contributed by atoms with Crippen LogP contribution in [0.5, 0.6) is 0 Å². The zero-order valence-electron chi connectivity index (χ0n) is 6.10. The lowest BCUT2D eigenvalue weighted by molar-refractivity contribution is -0.225. The Labute approximate surface area is 73.9 Å². The third kappa shape index (κ3) is 1.53. The molecule has 2 heterocycles. The standard InChI is InChI=1S/C6H8F3NO.ClH/c7-6(8,9)5-4-1-3(11-5)2-10-4;/h3-5,10H,1-2H2;1H/t3-,4+,5+;/m1./s1. The van der Waals surface area contributed by atoms with Gasteiger partial charge in [-0.3, -0.25) is 0 Å². The SMILES string of the molecule is Cl.FC(F)(F)[C@H]1O[C@H]2CN[C@H]1C2. The molecule has 0 saturated carbocycles. The first-order valence-corrected chi connectivity index (χ1v) is 3.53. The van der Waals surface area contributed by atoms with Gasteiger partial charge in [0, 0.05) is 12.6 Å². The van der Waals surface area contributed by atoms with Gasteiger partial charge in [-0.25, -0.2) is 0 Å². The van der Waals surface area contributed by atoms with E-state index in [9.17, 15) is 13.2 Å². The second kappa shape index (κ2) is 3.05. The van der Waals surface area contributed by atoms with Crippen LogP contribution in [0.2, 0.25) is 0 Å². The van der Waals surface area contributed by atoms with E-state index in [4.69, 9.17) is 4.74 Å². The first-order chi connectivity index (χ1) is 5.07. The molecule has 0 amide bonds. The molecule has 0 aliphatic carbocycles. The van der Waals surface area contributed by atoms with Crippen molar-refractivity contribution in [2.45, 2.75) is 30.8 Å². The summed E-state index contributed by atoms with van der Waals surface area (Å²) in [5, 5.41) is 2.77. The Morgan fingerprint density at radius 1 is 1.33 bits per heavy atom. The third-order valence-corrected chi connectivity index (χ3v) is 2.15. The van der Waals surface area contributed by atoms with Gasteiger partial charge in [0.1, 0.15) is 0 Å². The molecule has 0 aromatic heterocycles. The van der Waals surface area contributed by atoms with Gasteiger partial charge in [0.2, 0.25) is 0 Å². The molecule has 6 heteroatoms. The maximum Gasteiger partial charge on any atom is 0.416 e. The Hall–Kier alpha value is -0.0000000000000000416. The van der Waals surface area contributed by atoms with Crippen molar-refractivity contribution < 1.29 is 17.9 Å². The second-order valence-electron chi connectivity index (χ2n) is 2.97. The van der Waals surface area contributed by atoms with E-state index < -0.39 is 18.3 Å². The number of halogens is 4. The molecule has 0 aromatic rings. The minimum atomic E-state index is -4.20. The quantitative estimate of drug-likeness (QED) is 0.637. The summed E-state index contributed by atoms with van der Waals surface area (Å²) in [5.74, 6) is 0. The van der Waals surface area contributed by atoms with Crippen LogP contribution in [0.25, 0.3) is 0 Å². The summed E-state index contributed by atoms with van der Waals surface area (Å²) < 4.78 is 40.9. The average Bonchev–Trinajstić information content (AvgIpc) is 2.42. The highest BCUT2D eigenvalue weighted by atomic mass is 35.5. The molecule has 2 rings (SSSR count). The molecule has 2 aliphatic heterocycles. The van der Waals surface area contributed by atoms with Crippen LogP contribution in [0.1, 0.15) is 6.42 Å². The number of fused-ring (bicyclic) bond motifs is 2. The summed E-state index contributed by atoms with van der Waals surface area (Å²) in [6, 6.07) is -0.500. The highest BCUT2D eigenvalue weighted by Gasteiger charge is 2.54. The molecule has 1 N–H and O–H groups in total. The zero-order chi connectivity index (χ0) is 8.06. The number of ether oxygens (including phenoxy) is 1. The number of morpholine rings is 1. The predicted molar refractivity (Wildman–Crippen MR) is 38.4 cm³/mol. The van der Waals surface area contributed by atoms with Gasteiger partial charge < -0.3 is 10.1 Å². The lowest BCUT2D eigenvalue weighted by Gasteiger charge is -2.25. The second-order valence-corrected chi connectivity index (χ2v) is 2.97. The van der Waals surface area contributed by atoms with Crippen LogP contribution < -0.4 is 5.32 Å². The Bertz CT molecular complexity index is 175. The van der Waals surface area contributed by atoms with Crippen molar-refractivity contribution >= 4 is 12.4 Å². The highest BCUT2D eigenvalue weighted by Crippen LogP contribution is 2.36. The van der Waals surface area contributed by atoms with Gasteiger partial charge in [-0.15, -0.1) is 12.4 Å². The molecule has 0 spiro atoms. The Kier molecular flexibility index (Phi) is 2.56. The van der Waals surface area contributed by atoms with E-state index in [2.05, 4.69) is 5.32 Å². The minimum absolute atomic E-state index is 0. The lowest BCUT2D eigenvalue weighted by Crippen LogP contribution is -2.47. The molecule has 2 saturated heterocycles. The van der Waals surface area contributed by atoms with E-state index in [1.165, 1.54) is 0 Å². The number of rotatable bonds is 0. The van der Waals surface area contributed by atoms with Gasteiger partial charge in [0.05, 0.1) is 6.10 Å². The molecular weight excluding hydrogens is 195 g/mol. The number of nitrogens with one attached hydrogen (secondary N) is 1. The fourth-order valence-electron chi connectivity index (χ4n) is 1.67. The number of alkyl halides is 3. The van der Waals surface area contributed by atoms with Crippen molar-refractivity contribution in [3.8, 4) is 0 Å². The minimum Gasteiger partial charge on any atom is -0.362 e. The van der Waals surface area contributed by atoms with E-state index in [0.717, 1.165) is 0 Å². The largest absolute Gasteiger partial charge is 0.416 e. The first kappa shape index (κ1) is 10.1. The summed E-state index contributed by atoms with van der Waals surface area (Å²) in [5.41, 5.74) is 0. The monoisotopic (exact) mass is 203 g/mol. The van der Waals surface area contributed by atoms with Gasteiger partial charge in [-0.05, 0) is 6.42 Å². The molecule has 2 nitrogen and oxygen atoms in total. The highest BCUT2D eigenvalue weighted by molar-refractivity contribution is 5.85. The van der Waals surface area contributed by atoms with Crippen molar-refractivity contribution in [3.63, 3.8) is 0 Å². The summed E-state index contributed by atoms with van der Waals surface area (Å²) >= 11 is 0. The Morgan fingerprint density at radius 2 is 2.00 bits per heavy atom. The lowest BCUT2D eigenvalue weighted by atomic mass is 10.1. The first-order valence-electron chi connectivity index (χ1n) is 3.53. The topological polar surface area (TPSA) is 21.3 Å². The molecule has 2 fully saturated rings. The van der Waals surface area contributed by atoms with Crippen molar-refractivity contribution in [1.29, 1.82) is 0 Å². The van der Waals surface area contributed by atoms with E-state index in [0.29, 0.717) is 13.0 Å². The zero-order valence-corrected chi connectivity index (χ0v) is 6.91. The molecule has 0 aromatic carbocycles. The molecule has 0 radical (unpaired) electrons. The summed E-state index contributed by atoms with van der Waals surface area (Å²) in [4.78, 5) is 0. The van der Waals surface area contributed by atoms with Crippen LogP contribution >= 0.6 is 12.4 Å². The summed E-state index contributed by atoms with van der Waals surface area (Å²) in [7, 11) is 0. The molecule has 3 atom stereocenters. The smallest absolute Gasteiger partial charge is 0.362 e. The van der Waals surface area contributed by atoms with Crippen LogP contribution in [-0.2, 0) is 4.74 Å². The molecule has 12 heavy (non-hydrogen) atoms. The molecule has 2 bridgehead atoms. The Morgan fingerprint density at radius 3 is 2.25 bits per heavy atom. The van der Waals surface area contributed by atoms with Gasteiger partial charge in [0.15, 0.2) is 6.10 Å². The maximum atomic E-state index is 12.1. The fraction of sp³-hybridized carbons (Fsp3) is 1.00. The summed E-state index contributed by atoms with van der Waals surface area (Å²) in [6.07, 6.45) is -5.48. The van der Waals surface area contributed by atoms with E-state index >= 15 is 0 Å². The van der Waals surface area contributed by atoms with Crippen molar-refractivity contribution in [2.75, 3.05) is 6.54 Å². The normalized spacial score (nSPS) is 39.8. The van der Waals surface area contributed by atoms with E-state index in [1.807, 2.05) is 0 Å². The van der Waals surface area contributed by atoms with Gasteiger partial charge >= 0.3 is 6.18 Å². The van der Waals surface area contributed by atoms with Gasteiger partial charge in [0.25, 0.3) is 0 Å².